The van der Waals surface area contributed by atoms with Gasteiger partial charge in [0, 0.05) is 5.39 Å². The summed E-state index contributed by atoms with van der Waals surface area (Å²) in [6.07, 6.45) is 0. The molecule has 108 valence electrons. The highest BCUT2D eigenvalue weighted by Gasteiger charge is 2.18. The summed E-state index contributed by atoms with van der Waals surface area (Å²) in [6.45, 7) is 2.88. The lowest BCUT2D eigenvalue weighted by Gasteiger charge is -2.16. The second kappa shape index (κ2) is 6.10. The van der Waals surface area contributed by atoms with Gasteiger partial charge in [-0.25, -0.2) is 0 Å². The topological polar surface area (TPSA) is 25.2 Å². The molecule has 1 heterocycles. The van der Waals surface area contributed by atoms with Crippen LogP contribution in [0.25, 0.3) is 11.0 Å². The van der Waals surface area contributed by atoms with Crippen molar-refractivity contribution in [1.82, 2.24) is 5.32 Å². The monoisotopic (exact) mass is 319 g/mol. The number of benzene rings is 2. The molecule has 3 aromatic rings. The second-order valence-corrected chi connectivity index (χ2v) is 5.67. The number of halogens is 2. The fraction of sp³-hybridized carbons (Fsp3) is 0.176. The molecule has 0 spiro atoms. The molecule has 0 radical (unpaired) electrons. The molecule has 3 rings (SSSR count). The van der Waals surface area contributed by atoms with Crippen LogP contribution >= 0.6 is 23.2 Å². The van der Waals surface area contributed by atoms with Gasteiger partial charge in [-0.1, -0.05) is 54.4 Å². The van der Waals surface area contributed by atoms with Gasteiger partial charge in [-0.3, -0.25) is 0 Å². The molecule has 0 fully saturated rings. The summed E-state index contributed by atoms with van der Waals surface area (Å²) < 4.78 is 5.97. The predicted molar refractivity (Wildman–Crippen MR) is 88.2 cm³/mol. The van der Waals surface area contributed by atoms with E-state index in [1.54, 1.807) is 0 Å². The minimum atomic E-state index is -0.0443. The first-order chi connectivity index (χ1) is 10.2. The number of fused-ring (bicyclic) bond motifs is 1. The summed E-state index contributed by atoms with van der Waals surface area (Å²) in [4.78, 5) is 0. The second-order valence-electron chi connectivity index (χ2n) is 4.85. The van der Waals surface area contributed by atoms with Crippen molar-refractivity contribution < 1.29 is 4.42 Å². The molecular weight excluding hydrogens is 305 g/mol. The molecule has 0 saturated carbocycles. The molecule has 1 atom stereocenters. The zero-order valence-corrected chi connectivity index (χ0v) is 13.1. The Morgan fingerprint density at radius 1 is 1.05 bits per heavy atom. The summed E-state index contributed by atoms with van der Waals surface area (Å²) >= 11 is 12.1. The van der Waals surface area contributed by atoms with Gasteiger partial charge in [0.2, 0.25) is 0 Å². The Morgan fingerprint density at radius 2 is 1.86 bits per heavy atom. The summed E-state index contributed by atoms with van der Waals surface area (Å²) in [5.41, 5.74) is 1.92. The van der Waals surface area contributed by atoms with Gasteiger partial charge in [-0.2, -0.15) is 0 Å². The number of rotatable bonds is 4. The van der Waals surface area contributed by atoms with Crippen LogP contribution in [0.15, 0.2) is 52.9 Å². The van der Waals surface area contributed by atoms with E-state index in [1.165, 1.54) is 0 Å². The molecule has 0 aliphatic carbocycles. The molecular formula is C17H15Cl2NO. The molecule has 0 aliphatic rings. The number of hydrogen-bond donors (Lipinski definition) is 1. The van der Waals surface area contributed by atoms with E-state index in [9.17, 15) is 0 Å². The van der Waals surface area contributed by atoms with Crippen molar-refractivity contribution >= 4 is 34.2 Å². The third-order valence-electron chi connectivity index (χ3n) is 3.41. The summed E-state index contributed by atoms with van der Waals surface area (Å²) in [5.74, 6) is 0.872. The molecule has 4 heteroatoms. The van der Waals surface area contributed by atoms with Crippen molar-refractivity contribution in [3.8, 4) is 0 Å². The van der Waals surface area contributed by atoms with Crippen molar-refractivity contribution in [3.05, 3.63) is 69.9 Å². The first-order valence-electron chi connectivity index (χ1n) is 6.86. The molecule has 0 bridgehead atoms. The smallest absolute Gasteiger partial charge is 0.134 e. The van der Waals surface area contributed by atoms with E-state index >= 15 is 0 Å². The molecule has 1 N–H and O–H groups in total. The Bertz CT molecular complexity index is 733. The number of para-hydroxylation sites is 1. The Hall–Kier alpha value is -1.48. The SMILES string of the molecule is CCNC(c1ccc(Cl)c(Cl)c1)c1cc2ccccc2o1. The lowest BCUT2D eigenvalue weighted by Crippen LogP contribution is -2.21. The van der Waals surface area contributed by atoms with E-state index in [0.29, 0.717) is 10.0 Å². The first kappa shape index (κ1) is 14.5. The highest BCUT2D eigenvalue weighted by molar-refractivity contribution is 6.42. The zero-order valence-electron chi connectivity index (χ0n) is 11.6. The van der Waals surface area contributed by atoms with Crippen molar-refractivity contribution in [2.45, 2.75) is 13.0 Å². The summed E-state index contributed by atoms with van der Waals surface area (Å²) in [7, 11) is 0. The average Bonchev–Trinajstić information content (AvgIpc) is 2.91. The maximum absolute atomic E-state index is 6.13. The standard InChI is InChI=1S/C17H15Cl2NO/c1-2-20-17(12-7-8-13(18)14(19)9-12)16-10-11-5-3-4-6-15(11)21-16/h3-10,17,20H,2H2,1H3. The van der Waals surface area contributed by atoms with E-state index in [-0.39, 0.29) is 6.04 Å². The van der Waals surface area contributed by atoms with Crippen LogP contribution < -0.4 is 5.32 Å². The maximum atomic E-state index is 6.13. The van der Waals surface area contributed by atoms with Crippen LogP contribution in [0.2, 0.25) is 10.0 Å². The Morgan fingerprint density at radius 3 is 2.57 bits per heavy atom. The van der Waals surface area contributed by atoms with Gasteiger partial charge in [0.25, 0.3) is 0 Å². The molecule has 2 aromatic carbocycles. The van der Waals surface area contributed by atoms with E-state index in [4.69, 9.17) is 27.6 Å². The van der Waals surface area contributed by atoms with Crippen LogP contribution in [0, 0.1) is 0 Å². The fourth-order valence-electron chi connectivity index (χ4n) is 2.42. The van der Waals surface area contributed by atoms with Crippen molar-refractivity contribution in [2.24, 2.45) is 0 Å². The molecule has 0 saturated heterocycles. The Labute approximate surface area is 133 Å². The van der Waals surface area contributed by atoms with E-state index < -0.39 is 0 Å². The lowest BCUT2D eigenvalue weighted by molar-refractivity contribution is 0.477. The molecule has 0 amide bonds. The number of furan rings is 1. The lowest BCUT2D eigenvalue weighted by atomic mass is 10.0. The molecule has 21 heavy (non-hydrogen) atoms. The molecule has 1 unspecified atom stereocenters. The molecule has 0 aliphatic heterocycles. The Kier molecular flexibility index (Phi) is 4.20. The summed E-state index contributed by atoms with van der Waals surface area (Å²) in [5, 5.41) is 5.63. The van der Waals surface area contributed by atoms with Crippen LogP contribution in [-0.4, -0.2) is 6.54 Å². The number of hydrogen-bond acceptors (Lipinski definition) is 2. The van der Waals surface area contributed by atoms with E-state index in [0.717, 1.165) is 28.8 Å². The van der Waals surface area contributed by atoms with Gasteiger partial charge < -0.3 is 9.73 Å². The summed E-state index contributed by atoms with van der Waals surface area (Å²) in [6, 6.07) is 15.7. The number of nitrogens with one attached hydrogen (secondary N) is 1. The predicted octanol–water partition coefficient (Wildman–Crippen LogP) is 5.44. The third-order valence-corrected chi connectivity index (χ3v) is 4.15. The van der Waals surface area contributed by atoms with Crippen LogP contribution in [0.4, 0.5) is 0 Å². The van der Waals surface area contributed by atoms with Gasteiger partial charge in [0.15, 0.2) is 0 Å². The van der Waals surface area contributed by atoms with Crippen LogP contribution in [-0.2, 0) is 0 Å². The van der Waals surface area contributed by atoms with Crippen molar-refractivity contribution in [3.63, 3.8) is 0 Å². The zero-order chi connectivity index (χ0) is 14.8. The van der Waals surface area contributed by atoms with Gasteiger partial charge in [0.05, 0.1) is 16.1 Å². The highest BCUT2D eigenvalue weighted by Crippen LogP contribution is 2.31. The van der Waals surface area contributed by atoms with Gasteiger partial charge in [0.1, 0.15) is 11.3 Å². The quantitative estimate of drug-likeness (QED) is 0.692. The van der Waals surface area contributed by atoms with Crippen LogP contribution in [0.1, 0.15) is 24.3 Å². The molecule has 2 nitrogen and oxygen atoms in total. The third kappa shape index (κ3) is 2.93. The Balaban J connectivity index is 2.05. The van der Waals surface area contributed by atoms with Gasteiger partial charge >= 0.3 is 0 Å². The van der Waals surface area contributed by atoms with Crippen LogP contribution in [0.5, 0.6) is 0 Å². The normalized spacial score (nSPS) is 12.7. The average molecular weight is 320 g/mol. The van der Waals surface area contributed by atoms with E-state index in [2.05, 4.69) is 18.3 Å². The highest BCUT2D eigenvalue weighted by atomic mass is 35.5. The van der Waals surface area contributed by atoms with Crippen molar-refractivity contribution in [1.29, 1.82) is 0 Å². The maximum Gasteiger partial charge on any atom is 0.134 e. The fourth-order valence-corrected chi connectivity index (χ4v) is 2.73. The molecule has 1 aromatic heterocycles. The van der Waals surface area contributed by atoms with E-state index in [1.807, 2.05) is 42.5 Å². The first-order valence-corrected chi connectivity index (χ1v) is 7.61. The van der Waals surface area contributed by atoms with Crippen LogP contribution in [0.3, 0.4) is 0 Å². The minimum Gasteiger partial charge on any atom is -0.459 e. The minimum absolute atomic E-state index is 0.0443. The van der Waals surface area contributed by atoms with Gasteiger partial charge in [-0.15, -0.1) is 0 Å². The van der Waals surface area contributed by atoms with Crippen molar-refractivity contribution in [2.75, 3.05) is 6.54 Å². The largest absolute Gasteiger partial charge is 0.459 e. The van der Waals surface area contributed by atoms with Gasteiger partial charge in [-0.05, 0) is 36.4 Å².